The van der Waals surface area contributed by atoms with Gasteiger partial charge in [0.15, 0.2) is 11.5 Å². The number of hydrogen-bond acceptors (Lipinski definition) is 6. The van der Waals surface area contributed by atoms with E-state index >= 15 is 0 Å². The molecule has 2 aromatic rings. The minimum atomic E-state index is -1.07. The van der Waals surface area contributed by atoms with E-state index in [0.29, 0.717) is 23.9 Å². The summed E-state index contributed by atoms with van der Waals surface area (Å²) in [7, 11) is 0. The molecule has 0 unspecified atom stereocenters. The maximum atomic E-state index is 11.1. The minimum absolute atomic E-state index is 0.00576. The smallest absolute Gasteiger partial charge is 0.358 e. The average Bonchev–Trinajstić information content (AvgIpc) is 3.04. The second-order valence-electron chi connectivity index (χ2n) is 4.92. The zero-order valence-corrected chi connectivity index (χ0v) is 11.1. The first-order valence-corrected chi connectivity index (χ1v) is 6.67. The number of aromatic carboxylic acids is 1. The number of carboxylic acids is 1. The van der Waals surface area contributed by atoms with E-state index in [1.807, 2.05) is 6.92 Å². The van der Waals surface area contributed by atoms with E-state index in [-0.39, 0.29) is 12.2 Å². The van der Waals surface area contributed by atoms with Gasteiger partial charge in [0.05, 0.1) is 5.69 Å². The van der Waals surface area contributed by atoms with Crippen LogP contribution < -0.4 is 0 Å². The number of carbonyl (C=O) groups is 1. The maximum Gasteiger partial charge on any atom is 0.358 e. The van der Waals surface area contributed by atoms with Crippen molar-refractivity contribution < 1.29 is 14.4 Å². The Morgan fingerprint density at radius 3 is 2.95 bits per heavy atom. The molecule has 0 aromatic carbocycles. The summed E-state index contributed by atoms with van der Waals surface area (Å²) in [6.07, 6.45) is 3.61. The van der Waals surface area contributed by atoms with Crippen molar-refractivity contribution in [3.8, 4) is 0 Å². The van der Waals surface area contributed by atoms with Crippen LogP contribution in [0, 0.1) is 0 Å². The molecular formula is C12H15N5O3. The molecule has 1 N–H and O–H groups in total. The van der Waals surface area contributed by atoms with Gasteiger partial charge in [0.25, 0.3) is 0 Å². The molecule has 0 spiro atoms. The lowest BCUT2D eigenvalue weighted by molar-refractivity contribution is 0.0689. The van der Waals surface area contributed by atoms with E-state index < -0.39 is 5.97 Å². The number of carboxylic acid groups (broad SMARTS) is 1. The Morgan fingerprint density at radius 2 is 2.30 bits per heavy atom. The first-order valence-electron chi connectivity index (χ1n) is 6.67. The highest BCUT2D eigenvalue weighted by Crippen LogP contribution is 2.38. The van der Waals surface area contributed by atoms with Crippen LogP contribution in [0.25, 0.3) is 0 Å². The Morgan fingerprint density at radius 1 is 1.50 bits per heavy atom. The Kier molecular flexibility index (Phi) is 3.21. The van der Waals surface area contributed by atoms with Gasteiger partial charge in [-0.3, -0.25) is 0 Å². The van der Waals surface area contributed by atoms with Gasteiger partial charge in [-0.05, 0) is 19.3 Å². The standard InChI is InChI=1S/C12H15N5O3/c1-2-3-8-10(12(18)19)14-16-17(8)6-9-13-11(15-20-9)7-4-5-7/h7H,2-6H2,1H3,(H,18,19). The minimum Gasteiger partial charge on any atom is -0.476 e. The van der Waals surface area contributed by atoms with Gasteiger partial charge in [0.1, 0.15) is 6.54 Å². The van der Waals surface area contributed by atoms with Gasteiger partial charge in [-0.25, -0.2) is 9.48 Å². The highest BCUT2D eigenvalue weighted by molar-refractivity contribution is 5.86. The Hall–Kier alpha value is -2.25. The molecule has 8 heteroatoms. The van der Waals surface area contributed by atoms with Crippen LogP contribution >= 0.6 is 0 Å². The monoisotopic (exact) mass is 277 g/mol. The summed E-state index contributed by atoms with van der Waals surface area (Å²) in [6.45, 7) is 2.23. The van der Waals surface area contributed by atoms with Gasteiger partial charge in [-0.2, -0.15) is 4.98 Å². The summed E-state index contributed by atoms with van der Waals surface area (Å²) in [5.74, 6) is 0.526. The van der Waals surface area contributed by atoms with Gasteiger partial charge in [-0.1, -0.05) is 23.7 Å². The predicted molar refractivity (Wildman–Crippen MR) is 66.4 cm³/mol. The fourth-order valence-electron chi connectivity index (χ4n) is 2.08. The number of hydrogen-bond donors (Lipinski definition) is 1. The second kappa shape index (κ2) is 5.03. The van der Waals surface area contributed by atoms with E-state index in [1.165, 1.54) is 4.68 Å². The zero-order chi connectivity index (χ0) is 14.1. The molecule has 106 valence electrons. The van der Waals surface area contributed by atoms with E-state index in [2.05, 4.69) is 20.5 Å². The zero-order valence-electron chi connectivity index (χ0n) is 11.1. The van der Waals surface area contributed by atoms with Crippen LogP contribution in [0.5, 0.6) is 0 Å². The molecule has 1 fully saturated rings. The normalized spacial score (nSPS) is 14.7. The second-order valence-corrected chi connectivity index (χ2v) is 4.92. The largest absolute Gasteiger partial charge is 0.476 e. The highest BCUT2D eigenvalue weighted by Gasteiger charge is 2.29. The molecule has 0 radical (unpaired) electrons. The van der Waals surface area contributed by atoms with Crippen LogP contribution in [0.4, 0.5) is 0 Å². The first-order chi connectivity index (χ1) is 9.69. The summed E-state index contributed by atoms with van der Waals surface area (Å²) in [5.41, 5.74) is 0.583. The number of rotatable bonds is 6. The molecule has 1 aliphatic rings. The van der Waals surface area contributed by atoms with Crippen molar-refractivity contribution in [3.05, 3.63) is 23.1 Å². The van der Waals surface area contributed by atoms with Crippen LogP contribution in [0.3, 0.4) is 0 Å². The van der Waals surface area contributed by atoms with Crippen molar-refractivity contribution in [3.63, 3.8) is 0 Å². The molecule has 0 atom stereocenters. The van der Waals surface area contributed by atoms with E-state index in [1.54, 1.807) is 0 Å². The Balaban J connectivity index is 1.83. The molecule has 1 saturated carbocycles. The third kappa shape index (κ3) is 2.40. The molecule has 0 bridgehead atoms. The van der Waals surface area contributed by atoms with Gasteiger partial charge in [0, 0.05) is 5.92 Å². The lowest BCUT2D eigenvalue weighted by atomic mass is 10.2. The summed E-state index contributed by atoms with van der Waals surface area (Å²) < 4.78 is 6.70. The molecule has 2 heterocycles. The van der Waals surface area contributed by atoms with Crippen molar-refractivity contribution in [1.29, 1.82) is 0 Å². The molecule has 20 heavy (non-hydrogen) atoms. The van der Waals surface area contributed by atoms with Crippen LogP contribution in [-0.2, 0) is 13.0 Å². The van der Waals surface area contributed by atoms with Crippen molar-refractivity contribution >= 4 is 5.97 Å². The van der Waals surface area contributed by atoms with Crippen molar-refractivity contribution in [2.75, 3.05) is 0 Å². The summed E-state index contributed by atoms with van der Waals surface area (Å²) in [6, 6.07) is 0. The van der Waals surface area contributed by atoms with Gasteiger partial charge >= 0.3 is 5.97 Å². The molecule has 0 saturated heterocycles. The lowest BCUT2D eigenvalue weighted by Crippen LogP contribution is -2.09. The molecule has 0 aliphatic heterocycles. The summed E-state index contributed by atoms with van der Waals surface area (Å²) in [5, 5.41) is 20.6. The van der Waals surface area contributed by atoms with Crippen LogP contribution in [0.2, 0.25) is 0 Å². The predicted octanol–water partition coefficient (Wildman–Crippen LogP) is 1.24. The maximum absolute atomic E-state index is 11.1. The Bertz CT molecular complexity index is 629. The van der Waals surface area contributed by atoms with Crippen molar-refractivity contribution in [2.45, 2.75) is 45.1 Å². The fraction of sp³-hybridized carbons (Fsp3) is 0.583. The Labute approximate surface area is 114 Å². The van der Waals surface area contributed by atoms with Gasteiger partial charge in [-0.15, -0.1) is 5.10 Å². The van der Waals surface area contributed by atoms with Crippen molar-refractivity contribution in [1.82, 2.24) is 25.1 Å². The first kappa shape index (κ1) is 12.8. The van der Waals surface area contributed by atoms with E-state index in [0.717, 1.165) is 25.1 Å². The molecule has 3 rings (SSSR count). The molecular weight excluding hydrogens is 262 g/mol. The van der Waals surface area contributed by atoms with Gasteiger partial charge in [0.2, 0.25) is 5.89 Å². The van der Waals surface area contributed by atoms with Gasteiger partial charge < -0.3 is 9.63 Å². The number of nitrogens with zero attached hydrogens (tertiary/aromatic N) is 5. The highest BCUT2D eigenvalue weighted by atomic mass is 16.5. The molecule has 2 aromatic heterocycles. The molecule has 0 amide bonds. The SMILES string of the molecule is CCCc1c(C(=O)O)nnn1Cc1nc(C2CC2)no1. The van der Waals surface area contributed by atoms with Crippen molar-refractivity contribution in [2.24, 2.45) is 0 Å². The average molecular weight is 277 g/mol. The third-order valence-corrected chi connectivity index (χ3v) is 3.24. The molecule has 8 nitrogen and oxygen atoms in total. The summed E-state index contributed by atoms with van der Waals surface area (Å²) in [4.78, 5) is 15.4. The van der Waals surface area contributed by atoms with Crippen LogP contribution in [0.1, 0.15) is 60.0 Å². The molecule has 1 aliphatic carbocycles. The topological polar surface area (TPSA) is 107 Å². The lowest BCUT2D eigenvalue weighted by Gasteiger charge is -2.02. The van der Waals surface area contributed by atoms with E-state index in [9.17, 15) is 4.79 Å². The van der Waals surface area contributed by atoms with Crippen LogP contribution in [-0.4, -0.2) is 36.2 Å². The fourth-order valence-corrected chi connectivity index (χ4v) is 2.08. The summed E-state index contributed by atoms with van der Waals surface area (Å²) >= 11 is 0. The number of aromatic nitrogens is 5. The third-order valence-electron chi connectivity index (χ3n) is 3.24. The van der Waals surface area contributed by atoms with Crippen LogP contribution in [0.15, 0.2) is 4.52 Å². The quantitative estimate of drug-likeness (QED) is 0.846. The van der Waals surface area contributed by atoms with E-state index in [4.69, 9.17) is 9.63 Å².